The number of benzene rings is 2. The van der Waals surface area contributed by atoms with Crippen LogP contribution in [0.3, 0.4) is 0 Å². The predicted molar refractivity (Wildman–Crippen MR) is 148 cm³/mol. The van der Waals surface area contributed by atoms with Crippen LogP contribution in [0.1, 0.15) is 16.7 Å². The summed E-state index contributed by atoms with van der Waals surface area (Å²) >= 11 is 6.42. The second-order valence-electron chi connectivity index (χ2n) is 11.5. The Kier molecular flexibility index (Phi) is 7.22. The minimum Gasteiger partial charge on any atom is -0.531 e. The molecule has 0 saturated carbocycles. The second kappa shape index (κ2) is 8.99. The Bertz CT molecular complexity index is 1230. The van der Waals surface area contributed by atoms with Gasteiger partial charge >= 0.3 is 0 Å². The molecular formula is C23H35ClN2O4SSi3. The van der Waals surface area contributed by atoms with Gasteiger partial charge in [0.15, 0.2) is 8.32 Å². The molecule has 0 aromatic heterocycles. The molecule has 6 nitrogen and oxygen atoms in total. The van der Waals surface area contributed by atoms with E-state index < -0.39 is 40.6 Å². The maximum atomic E-state index is 13.3. The van der Waals surface area contributed by atoms with Crippen LogP contribution >= 0.6 is 11.6 Å². The number of nitrogens with zero attached hydrogens (tertiary/aromatic N) is 1. The van der Waals surface area contributed by atoms with Crippen LogP contribution in [0.25, 0.3) is 0 Å². The van der Waals surface area contributed by atoms with E-state index in [1.54, 1.807) is 18.2 Å². The standard InChI is InChI=1S/C23H35ClN2O4SSi3/c1-32(2,3)26-31(27,28)21-16-17(14-15-20(21)24)23(30-34(7,8)9)19-13-11-10-12-18(19)22(25-23)29-33(4,5)6/h10-16,26H,1-9H3. The van der Waals surface area contributed by atoms with Gasteiger partial charge in [-0.1, -0.05) is 55.5 Å². The summed E-state index contributed by atoms with van der Waals surface area (Å²) in [5.74, 6) is 0.535. The lowest BCUT2D eigenvalue weighted by molar-refractivity contribution is 0.115. The highest BCUT2D eigenvalue weighted by Crippen LogP contribution is 2.45. The molecule has 0 amide bonds. The lowest BCUT2D eigenvalue weighted by Gasteiger charge is -2.35. The molecule has 11 heteroatoms. The summed E-state index contributed by atoms with van der Waals surface area (Å²) in [4.78, 5) is 5.08. The molecule has 186 valence electrons. The molecule has 1 atom stereocenters. The first-order chi connectivity index (χ1) is 15.3. The molecule has 34 heavy (non-hydrogen) atoms. The smallest absolute Gasteiger partial charge is 0.244 e. The van der Waals surface area contributed by atoms with Gasteiger partial charge in [0.1, 0.15) is 13.1 Å². The molecule has 3 rings (SSSR count). The van der Waals surface area contributed by atoms with Gasteiger partial charge in [0.25, 0.3) is 0 Å². The fourth-order valence-corrected chi connectivity index (χ4v) is 10.4. The highest BCUT2D eigenvalue weighted by atomic mass is 35.5. The van der Waals surface area contributed by atoms with E-state index in [-0.39, 0.29) is 9.92 Å². The predicted octanol–water partition coefficient (Wildman–Crippen LogP) is 6.12. The van der Waals surface area contributed by atoms with Crippen molar-refractivity contribution in [3.05, 3.63) is 64.2 Å². The summed E-state index contributed by atoms with van der Waals surface area (Å²) in [5.41, 5.74) is 1.10. The first-order valence-electron chi connectivity index (χ1n) is 11.3. The van der Waals surface area contributed by atoms with Crippen LogP contribution in [0.5, 0.6) is 0 Å². The SMILES string of the molecule is C[Si](C)(C)NS(=O)(=O)c1cc(C2(O[Si](C)(C)C)N=C(O[Si](C)(C)C)c3ccccc32)ccc1Cl. The molecule has 1 aliphatic heterocycles. The van der Waals surface area contributed by atoms with Crippen molar-refractivity contribution in [3.8, 4) is 0 Å². The summed E-state index contributed by atoms with van der Waals surface area (Å²) in [5, 5.41) is 0.159. The van der Waals surface area contributed by atoms with Crippen LogP contribution in [0, 0.1) is 0 Å². The summed E-state index contributed by atoms with van der Waals surface area (Å²) in [6.07, 6.45) is 0. The number of hydrogen-bond donors (Lipinski definition) is 1. The van der Waals surface area contributed by atoms with Gasteiger partial charge in [-0.15, -0.1) is 0 Å². The lowest BCUT2D eigenvalue weighted by atomic mass is 9.94. The molecule has 0 aliphatic carbocycles. The van der Waals surface area contributed by atoms with E-state index in [9.17, 15) is 8.42 Å². The molecule has 2 aromatic rings. The monoisotopic (exact) mass is 554 g/mol. The fourth-order valence-electron chi connectivity index (χ4n) is 3.77. The van der Waals surface area contributed by atoms with E-state index in [0.717, 1.165) is 11.1 Å². The second-order valence-corrected chi connectivity index (χ2v) is 27.6. The summed E-state index contributed by atoms with van der Waals surface area (Å²) in [7, 11) is -10.2. The van der Waals surface area contributed by atoms with Gasteiger partial charge in [0.2, 0.25) is 30.0 Å². The topological polar surface area (TPSA) is 77.0 Å². The van der Waals surface area contributed by atoms with E-state index in [4.69, 9.17) is 25.4 Å². The van der Waals surface area contributed by atoms with E-state index in [0.29, 0.717) is 11.5 Å². The van der Waals surface area contributed by atoms with Gasteiger partial charge in [0.05, 0.1) is 5.02 Å². The zero-order valence-electron chi connectivity index (χ0n) is 21.4. The van der Waals surface area contributed by atoms with Crippen molar-refractivity contribution >= 4 is 52.4 Å². The van der Waals surface area contributed by atoms with Crippen molar-refractivity contribution in [1.82, 2.24) is 4.39 Å². The van der Waals surface area contributed by atoms with Gasteiger partial charge < -0.3 is 8.85 Å². The molecular weight excluding hydrogens is 520 g/mol. The molecule has 1 N–H and O–H groups in total. The lowest BCUT2D eigenvalue weighted by Crippen LogP contribution is -2.45. The molecule has 1 aliphatic rings. The molecule has 0 bridgehead atoms. The van der Waals surface area contributed by atoms with Crippen LogP contribution in [-0.4, -0.2) is 39.2 Å². The normalized spacial score (nSPS) is 19.1. The Morgan fingerprint density at radius 1 is 0.912 bits per heavy atom. The highest BCUT2D eigenvalue weighted by molar-refractivity contribution is 7.91. The van der Waals surface area contributed by atoms with Crippen molar-refractivity contribution in [3.63, 3.8) is 0 Å². The van der Waals surface area contributed by atoms with Crippen molar-refractivity contribution < 1.29 is 17.3 Å². The van der Waals surface area contributed by atoms with Crippen molar-refractivity contribution in [2.24, 2.45) is 4.99 Å². The quantitative estimate of drug-likeness (QED) is 0.418. The highest BCUT2D eigenvalue weighted by Gasteiger charge is 2.47. The summed E-state index contributed by atoms with van der Waals surface area (Å²) in [6.45, 7) is 18.4. The van der Waals surface area contributed by atoms with Gasteiger partial charge in [-0.3, -0.25) is 0 Å². The molecule has 0 fully saturated rings. The maximum absolute atomic E-state index is 13.3. The minimum atomic E-state index is -3.83. The Morgan fingerprint density at radius 2 is 1.53 bits per heavy atom. The number of fused-ring (bicyclic) bond motifs is 1. The maximum Gasteiger partial charge on any atom is 0.244 e. The largest absolute Gasteiger partial charge is 0.531 e. The van der Waals surface area contributed by atoms with Gasteiger partial charge in [-0.25, -0.2) is 17.8 Å². The fraction of sp³-hybridized carbons (Fsp3) is 0.435. The summed E-state index contributed by atoms with van der Waals surface area (Å²) < 4.78 is 42.5. The van der Waals surface area contributed by atoms with Crippen molar-refractivity contribution in [2.45, 2.75) is 69.5 Å². The average Bonchev–Trinajstić information content (AvgIpc) is 2.91. The van der Waals surface area contributed by atoms with Crippen molar-refractivity contribution in [1.29, 1.82) is 0 Å². The van der Waals surface area contributed by atoms with E-state index in [1.807, 2.05) is 43.9 Å². The molecule has 0 saturated heterocycles. The summed E-state index contributed by atoms with van der Waals surface area (Å²) in [6, 6.07) is 12.8. The van der Waals surface area contributed by atoms with Gasteiger partial charge in [-0.05, 0) is 57.5 Å². The first kappa shape index (κ1) is 27.3. The number of aliphatic imine (C=N–C) groups is 1. The van der Waals surface area contributed by atoms with E-state index >= 15 is 0 Å². The number of halogens is 1. The van der Waals surface area contributed by atoms with Crippen LogP contribution in [0.15, 0.2) is 52.4 Å². The number of hydrogen-bond acceptors (Lipinski definition) is 5. The Hall–Kier alpha value is -1.28. The van der Waals surface area contributed by atoms with Crippen molar-refractivity contribution in [2.75, 3.05) is 0 Å². The molecule has 0 radical (unpaired) electrons. The third kappa shape index (κ3) is 6.10. The zero-order chi connectivity index (χ0) is 25.7. The van der Waals surface area contributed by atoms with Crippen LogP contribution in [-0.2, 0) is 24.6 Å². The van der Waals surface area contributed by atoms with Crippen LogP contribution in [0.4, 0.5) is 0 Å². The minimum absolute atomic E-state index is 0.0277. The molecule has 1 unspecified atom stereocenters. The number of nitrogens with one attached hydrogen (secondary N) is 1. The van der Waals surface area contributed by atoms with Gasteiger partial charge in [0, 0.05) is 16.7 Å². The van der Waals surface area contributed by atoms with E-state index in [1.165, 1.54) is 0 Å². The Morgan fingerprint density at radius 3 is 2.09 bits per heavy atom. The number of rotatable bonds is 7. The third-order valence-electron chi connectivity index (χ3n) is 4.69. The average molecular weight is 555 g/mol. The molecule has 0 spiro atoms. The Labute approximate surface area is 212 Å². The van der Waals surface area contributed by atoms with Crippen LogP contribution in [0.2, 0.25) is 63.9 Å². The number of sulfonamides is 1. The molecule has 1 heterocycles. The van der Waals surface area contributed by atoms with Crippen LogP contribution < -0.4 is 4.39 Å². The third-order valence-corrected chi connectivity index (χ3v) is 11.3. The molecule has 2 aromatic carbocycles. The van der Waals surface area contributed by atoms with Gasteiger partial charge in [-0.2, -0.15) is 0 Å². The Balaban J connectivity index is 2.30. The van der Waals surface area contributed by atoms with E-state index in [2.05, 4.69) is 43.7 Å². The zero-order valence-corrected chi connectivity index (χ0v) is 26.0. The first-order valence-corrected chi connectivity index (χ1v) is 23.4.